The third-order valence-corrected chi connectivity index (χ3v) is 5.50. The van der Waals surface area contributed by atoms with E-state index in [0.29, 0.717) is 47.0 Å². The molecule has 0 fully saturated rings. The molecule has 0 saturated carbocycles. The van der Waals surface area contributed by atoms with E-state index in [1.165, 1.54) is 12.3 Å². The van der Waals surface area contributed by atoms with Crippen molar-refractivity contribution in [3.05, 3.63) is 83.2 Å². The fourth-order valence-corrected chi connectivity index (χ4v) is 3.80. The highest BCUT2D eigenvalue weighted by molar-refractivity contribution is 5.93. The molecule has 0 radical (unpaired) electrons. The van der Waals surface area contributed by atoms with Crippen molar-refractivity contribution in [3.63, 3.8) is 0 Å². The zero-order valence-electron chi connectivity index (χ0n) is 17.0. The monoisotopic (exact) mass is 431 g/mol. The number of carbonyl (C=O) groups is 1. The van der Waals surface area contributed by atoms with E-state index in [0.717, 1.165) is 0 Å². The van der Waals surface area contributed by atoms with E-state index >= 15 is 0 Å². The second kappa shape index (κ2) is 7.80. The molecule has 4 aromatic rings. The first-order valence-electron chi connectivity index (χ1n) is 9.94. The number of hydrogen-bond donors (Lipinski definition) is 2. The molecular weight excluding hydrogens is 413 g/mol. The van der Waals surface area contributed by atoms with E-state index in [1.54, 1.807) is 49.5 Å². The van der Waals surface area contributed by atoms with Crippen LogP contribution in [0.3, 0.4) is 0 Å². The fraction of sp³-hybridized carbons (Fsp3) is 0.182. The first-order valence-corrected chi connectivity index (χ1v) is 9.94. The minimum absolute atomic E-state index is 0.188. The van der Waals surface area contributed by atoms with Gasteiger partial charge in [-0.15, -0.1) is 10.2 Å². The summed E-state index contributed by atoms with van der Waals surface area (Å²) in [5, 5.41) is 16.8. The van der Waals surface area contributed by atoms with E-state index in [1.807, 2.05) is 0 Å². The summed E-state index contributed by atoms with van der Waals surface area (Å²) in [5.74, 6) is 0.130. The summed E-state index contributed by atoms with van der Waals surface area (Å²) in [6.07, 6.45) is 3.50. The molecule has 0 unspecified atom stereocenters. The Bertz CT molecular complexity index is 1280. The largest absolute Gasteiger partial charge is 0.491 e. The molecule has 4 heterocycles. The van der Waals surface area contributed by atoms with Crippen LogP contribution in [0.1, 0.15) is 33.7 Å². The van der Waals surface area contributed by atoms with Gasteiger partial charge in [0.05, 0.1) is 6.61 Å². The van der Waals surface area contributed by atoms with Gasteiger partial charge in [0.15, 0.2) is 0 Å². The summed E-state index contributed by atoms with van der Waals surface area (Å²) >= 11 is 0. The number of ether oxygens (including phenoxy) is 1. The van der Waals surface area contributed by atoms with Crippen LogP contribution in [0.4, 0.5) is 4.39 Å². The maximum atomic E-state index is 14.5. The first-order chi connectivity index (χ1) is 15.6. The number of carbonyl (C=O) groups excluding carboxylic acids is 1. The number of fused-ring (bicyclic) bond motifs is 1. The van der Waals surface area contributed by atoms with Crippen LogP contribution < -0.4 is 10.1 Å². The number of hydrogen-bond acceptors (Lipinski definition) is 7. The summed E-state index contributed by atoms with van der Waals surface area (Å²) < 4.78 is 20.3. The van der Waals surface area contributed by atoms with E-state index in [9.17, 15) is 9.18 Å². The lowest BCUT2D eigenvalue weighted by Gasteiger charge is -2.39. The van der Waals surface area contributed by atoms with Crippen LogP contribution in [0.2, 0.25) is 0 Å². The molecule has 1 aromatic carbocycles. The number of nitrogens with one attached hydrogen (secondary N) is 2. The quantitative estimate of drug-likeness (QED) is 0.510. The predicted octanol–water partition coefficient (Wildman–Crippen LogP) is 2.56. The minimum atomic E-state index is -1.07. The summed E-state index contributed by atoms with van der Waals surface area (Å²) in [6.45, 7) is 2.02. The number of nitrogens with zero attached hydrogens (tertiary/aromatic N) is 5. The van der Waals surface area contributed by atoms with Gasteiger partial charge in [0.2, 0.25) is 5.82 Å². The lowest BCUT2D eigenvalue weighted by Crippen LogP contribution is -2.50. The van der Waals surface area contributed by atoms with Crippen LogP contribution >= 0.6 is 0 Å². The molecule has 0 aliphatic carbocycles. The van der Waals surface area contributed by atoms with Gasteiger partial charge in [-0.25, -0.2) is 4.39 Å². The maximum absolute atomic E-state index is 14.5. The Kier molecular flexibility index (Phi) is 4.81. The molecule has 3 aromatic heterocycles. The van der Waals surface area contributed by atoms with Crippen LogP contribution in [0.15, 0.2) is 54.9 Å². The van der Waals surface area contributed by atoms with Crippen molar-refractivity contribution < 1.29 is 13.9 Å². The van der Waals surface area contributed by atoms with Crippen LogP contribution in [0.5, 0.6) is 5.75 Å². The highest BCUT2D eigenvalue weighted by Crippen LogP contribution is 2.41. The number of benzene rings is 1. The molecule has 2 N–H and O–H groups in total. The second-order valence-corrected chi connectivity index (χ2v) is 7.44. The topological polar surface area (TPSA) is 119 Å². The Hall–Kier alpha value is -4.21. The zero-order valence-corrected chi connectivity index (χ0v) is 17.0. The molecule has 1 amide bonds. The van der Waals surface area contributed by atoms with E-state index in [-0.39, 0.29) is 11.5 Å². The molecule has 1 aliphatic heterocycles. The molecule has 160 valence electrons. The Morgan fingerprint density at radius 3 is 2.88 bits per heavy atom. The Balaban J connectivity index is 1.55. The fourth-order valence-electron chi connectivity index (χ4n) is 3.80. The highest BCUT2D eigenvalue weighted by Gasteiger charge is 2.43. The van der Waals surface area contributed by atoms with E-state index in [2.05, 4.69) is 35.9 Å². The van der Waals surface area contributed by atoms with Crippen molar-refractivity contribution in [2.45, 2.75) is 18.9 Å². The normalized spacial score (nSPS) is 17.3. The van der Waals surface area contributed by atoms with Gasteiger partial charge in [-0.3, -0.25) is 14.8 Å². The summed E-state index contributed by atoms with van der Waals surface area (Å²) in [6, 6.07) is 11.7. The second-order valence-electron chi connectivity index (χ2n) is 7.44. The van der Waals surface area contributed by atoms with Gasteiger partial charge in [0.25, 0.3) is 5.91 Å². The molecule has 32 heavy (non-hydrogen) atoms. The summed E-state index contributed by atoms with van der Waals surface area (Å²) in [4.78, 5) is 22.0. The molecule has 0 saturated heterocycles. The smallest absolute Gasteiger partial charge is 0.270 e. The number of rotatable bonds is 4. The van der Waals surface area contributed by atoms with Gasteiger partial charge >= 0.3 is 0 Å². The number of aryl methyl sites for hydroxylation is 1. The average molecular weight is 431 g/mol. The molecule has 0 spiro atoms. The third kappa shape index (κ3) is 3.35. The summed E-state index contributed by atoms with van der Waals surface area (Å²) in [5.41, 5.74) is 1.35. The Labute approximate surface area is 182 Å². The highest BCUT2D eigenvalue weighted by atomic mass is 19.1. The average Bonchev–Trinajstić information content (AvgIpc) is 3.36. The molecule has 9 nitrogen and oxygen atoms in total. The zero-order chi connectivity index (χ0) is 22.1. The molecule has 10 heteroatoms. The van der Waals surface area contributed by atoms with Crippen molar-refractivity contribution in [1.29, 1.82) is 0 Å². The predicted molar refractivity (Wildman–Crippen MR) is 111 cm³/mol. The molecular formula is C22H18FN7O2. The van der Waals surface area contributed by atoms with Crippen molar-refractivity contribution >= 4 is 5.91 Å². The maximum Gasteiger partial charge on any atom is 0.270 e. The molecule has 0 bridgehead atoms. The van der Waals surface area contributed by atoms with Crippen LogP contribution in [-0.2, 0) is 5.54 Å². The Morgan fingerprint density at radius 2 is 2.12 bits per heavy atom. The standard InChI is InChI=1S/C22H18FN7O2/c1-13-4-6-15(11-16(13)23)22(8-10-32-18-3-2-9-24-19(18)22)26-21(31)17-7-5-14(12-25-17)20-27-29-30-28-20/h2-7,9,11-12H,8,10H2,1H3,(H,26,31)(H,27,28,29,30)/t22-/m0/s1. The number of tetrazole rings is 1. The van der Waals surface area contributed by atoms with Crippen LogP contribution in [-0.4, -0.2) is 43.1 Å². The van der Waals surface area contributed by atoms with E-state index < -0.39 is 11.4 Å². The van der Waals surface area contributed by atoms with Gasteiger partial charge in [-0.1, -0.05) is 12.1 Å². The lowest BCUT2D eigenvalue weighted by atomic mass is 9.81. The van der Waals surface area contributed by atoms with E-state index in [4.69, 9.17) is 4.74 Å². The van der Waals surface area contributed by atoms with Crippen molar-refractivity contribution in [3.8, 4) is 17.1 Å². The van der Waals surface area contributed by atoms with Gasteiger partial charge < -0.3 is 10.1 Å². The van der Waals surface area contributed by atoms with Crippen molar-refractivity contribution in [2.24, 2.45) is 0 Å². The van der Waals surface area contributed by atoms with Gasteiger partial charge in [-0.2, -0.15) is 5.21 Å². The van der Waals surface area contributed by atoms with Crippen LogP contribution in [0.25, 0.3) is 11.4 Å². The number of pyridine rings is 2. The van der Waals surface area contributed by atoms with Crippen LogP contribution in [0, 0.1) is 12.7 Å². The van der Waals surface area contributed by atoms with Crippen molar-refractivity contribution in [1.82, 2.24) is 35.9 Å². The van der Waals surface area contributed by atoms with Gasteiger partial charge in [0.1, 0.15) is 28.5 Å². The summed E-state index contributed by atoms with van der Waals surface area (Å²) in [7, 11) is 0. The molecule has 1 aliphatic rings. The molecule has 1 atom stereocenters. The number of amides is 1. The van der Waals surface area contributed by atoms with Gasteiger partial charge in [0, 0.05) is 24.4 Å². The third-order valence-electron chi connectivity index (χ3n) is 5.50. The SMILES string of the molecule is Cc1ccc([C@@]2(NC(=O)c3ccc(-c4nn[nH]n4)cn3)CCOc3cccnc32)cc1F. The number of aromatic nitrogens is 6. The first kappa shape index (κ1) is 19.7. The Morgan fingerprint density at radius 1 is 1.22 bits per heavy atom. The minimum Gasteiger partial charge on any atom is -0.491 e. The lowest BCUT2D eigenvalue weighted by molar-refractivity contribution is 0.0878. The van der Waals surface area contributed by atoms with Crippen molar-refractivity contribution in [2.75, 3.05) is 6.61 Å². The van der Waals surface area contributed by atoms with Gasteiger partial charge in [-0.05, 0) is 53.6 Å². The number of halogens is 1. The molecule has 5 rings (SSSR count). The number of aromatic amines is 1. The number of H-pyrrole nitrogens is 1.